The van der Waals surface area contributed by atoms with Gasteiger partial charge in [-0.3, -0.25) is 4.90 Å². The molecule has 0 fully saturated rings. The van der Waals surface area contributed by atoms with Crippen LogP contribution in [0.4, 0.5) is 0 Å². The van der Waals surface area contributed by atoms with Gasteiger partial charge < -0.3 is 5.73 Å². The van der Waals surface area contributed by atoms with E-state index in [4.69, 9.17) is 11.0 Å². The third kappa shape index (κ3) is 4.14. The highest BCUT2D eigenvalue weighted by atomic mass is 15.1. The van der Waals surface area contributed by atoms with Crippen LogP contribution in [-0.4, -0.2) is 24.5 Å². The lowest BCUT2D eigenvalue weighted by atomic mass is 9.92. The Labute approximate surface area is 110 Å². The van der Waals surface area contributed by atoms with Crippen LogP contribution >= 0.6 is 0 Å². The van der Waals surface area contributed by atoms with Gasteiger partial charge in [0.1, 0.15) is 0 Å². The maximum absolute atomic E-state index is 9.09. The van der Waals surface area contributed by atoms with Crippen LogP contribution in [0, 0.1) is 16.7 Å². The van der Waals surface area contributed by atoms with Crippen LogP contribution in [0.15, 0.2) is 24.3 Å². The Kier molecular flexibility index (Phi) is 5.33. The summed E-state index contributed by atoms with van der Waals surface area (Å²) in [5.41, 5.74) is 7.75. The van der Waals surface area contributed by atoms with E-state index in [0.29, 0.717) is 6.54 Å². The van der Waals surface area contributed by atoms with Gasteiger partial charge in [-0.05, 0) is 30.1 Å². The average molecular weight is 245 g/mol. The highest BCUT2D eigenvalue weighted by molar-refractivity contribution is 5.37. The molecule has 1 rings (SSSR count). The van der Waals surface area contributed by atoms with Gasteiger partial charge in [-0.1, -0.05) is 39.0 Å². The summed E-state index contributed by atoms with van der Waals surface area (Å²) in [5.74, 6) is 0. The van der Waals surface area contributed by atoms with E-state index in [-0.39, 0.29) is 5.41 Å². The van der Waals surface area contributed by atoms with Gasteiger partial charge in [0.15, 0.2) is 0 Å². The normalized spacial score (nSPS) is 11.6. The molecule has 0 radical (unpaired) electrons. The Morgan fingerprint density at radius 3 is 2.56 bits per heavy atom. The molecular weight excluding hydrogens is 222 g/mol. The van der Waals surface area contributed by atoms with Crippen molar-refractivity contribution in [2.24, 2.45) is 11.1 Å². The summed E-state index contributed by atoms with van der Waals surface area (Å²) in [5, 5.41) is 9.09. The second-order valence-electron chi connectivity index (χ2n) is 5.44. The molecule has 0 saturated carbocycles. The minimum atomic E-state index is 0.109. The second-order valence-corrected chi connectivity index (χ2v) is 5.44. The average Bonchev–Trinajstić information content (AvgIpc) is 2.38. The van der Waals surface area contributed by atoms with Gasteiger partial charge in [0.2, 0.25) is 0 Å². The largest absolute Gasteiger partial charge is 0.330 e. The summed E-state index contributed by atoms with van der Waals surface area (Å²) in [4.78, 5) is 2.34. The van der Waals surface area contributed by atoms with E-state index in [9.17, 15) is 0 Å². The number of benzene rings is 1. The molecule has 2 N–H and O–H groups in total. The molecule has 0 aliphatic rings. The van der Waals surface area contributed by atoms with Gasteiger partial charge in [-0.2, -0.15) is 5.26 Å². The van der Waals surface area contributed by atoms with Gasteiger partial charge in [0, 0.05) is 13.1 Å². The number of nitrogens with two attached hydrogens (primary N) is 1. The third-order valence-corrected chi connectivity index (χ3v) is 3.18. The molecule has 0 aliphatic heterocycles. The topological polar surface area (TPSA) is 53.0 Å². The van der Waals surface area contributed by atoms with Gasteiger partial charge in [0.25, 0.3) is 0 Å². The first-order valence-corrected chi connectivity index (χ1v) is 6.43. The number of nitriles is 1. The maximum atomic E-state index is 9.09. The van der Waals surface area contributed by atoms with Crippen molar-refractivity contribution in [2.75, 3.05) is 19.6 Å². The lowest BCUT2D eigenvalue weighted by Gasteiger charge is -2.31. The Morgan fingerprint density at radius 1 is 1.33 bits per heavy atom. The predicted molar refractivity (Wildman–Crippen MR) is 74.9 cm³/mol. The van der Waals surface area contributed by atoms with Crippen LogP contribution in [0.5, 0.6) is 0 Å². The van der Waals surface area contributed by atoms with Crippen molar-refractivity contribution in [3.63, 3.8) is 0 Å². The second kappa shape index (κ2) is 6.53. The summed E-state index contributed by atoms with van der Waals surface area (Å²) in [7, 11) is 0. The molecule has 0 aliphatic carbocycles. The molecule has 0 unspecified atom stereocenters. The molecule has 0 heterocycles. The zero-order valence-corrected chi connectivity index (χ0v) is 11.6. The molecular formula is C15H23N3. The minimum absolute atomic E-state index is 0.109. The van der Waals surface area contributed by atoms with Crippen molar-refractivity contribution in [3.8, 4) is 6.07 Å². The third-order valence-electron chi connectivity index (χ3n) is 3.18. The van der Waals surface area contributed by atoms with Gasteiger partial charge in [-0.25, -0.2) is 0 Å². The first-order valence-electron chi connectivity index (χ1n) is 6.43. The quantitative estimate of drug-likeness (QED) is 0.837. The molecule has 0 amide bonds. The van der Waals surface area contributed by atoms with Gasteiger partial charge >= 0.3 is 0 Å². The summed E-state index contributed by atoms with van der Waals surface area (Å²) in [6.45, 7) is 9.87. The lowest BCUT2D eigenvalue weighted by Crippen LogP contribution is -2.38. The van der Waals surface area contributed by atoms with Crippen molar-refractivity contribution in [1.82, 2.24) is 4.90 Å². The van der Waals surface area contributed by atoms with Crippen LogP contribution in [0.1, 0.15) is 31.9 Å². The van der Waals surface area contributed by atoms with Gasteiger partial charge in [-0.15, -0.1) is 0 Å². The molecule has 18 heavy (non-hydrogen) atoms. The van der Waals surface area contributed by atoms with Crippen LogP contribution in [0.3, 0.4) is 0 Å². The highest BCUT2D eigenvalue weighted by Gasteiger charge is 2.19. The number of nitrogens with zero attached hydrogens (tertiary/aromatic N) is 2. The molecule has 98 valence electrons. The van der Waals surface area contributed by atoms with Crippen LogP contribution < -0.4 is 5.73 Å². The zero-order chi connectivity index (χ0) is 13.6. The molecule has 0 aromatic heterocycles. The number of rotatable bonds is 6. The van der Waals surface area contributed by atoms with Crippen LogP contribution in [0.2, 0.25) is 0 Å². The zero-order valence-electron chi connectivity index (χ0n) is 11.6. The predicted octanol–water partition coefficient (Wildman–Crippen LogP) is 2.37. The lowest BCUT2D eigenvalue weighted by molar-refractivity contribution is 0.183. The first kappa shape index (κ1) is 14.7. The summed E-state index contributed by atoms with van der Waals surface area (Å²) >= 11 is 0. The van der Waals surface area contributed by atoms with E-state index in [1.165, 1.54) is 0 Å². The Bertz CT molecular complexity index is 418. The van der Waals surface area contributed by atoms with E-state index >= 15 is 0 Å². The maximum Gasteiger partial charge on any atom is 0.0995 e. The minimum Gasteiger partial charge on any atom is -0.330 e. The van der Waals surface area contributed by atoms with E-state index in [0.717, 1.165) is 30.8 Å². The molecule has 0 saturated heterocycles. The molecule has 0 bridgehead atoms. The van der Waals surface area contributed by atoms with E-state index < -0.39 is 0 Å². The SMILES string of the molecule is CCN(Cc1ccccc1C#N)CC(C)(C)CN. The molecule has 0 spiro atoms. The Hall–Kier alpha value is -1.37. The monoisotopic (exact) mass is 245 g/mol. The molecule has 1 aromatic carbocycles. The van der Waals surface area contributed by atoms with Crippen molar-refractivity contribution >= 4 is 0 Å². The Morgan fingerprint density at radius 2 is 2.00 bits per heavy atom. The van der Waals surface area contributed by atoms with Crippen molar-refractivity contribution in [2.45, 2.75) is 27.3 Å². The highest BCUT2D eigenvalue weighted by Crippen LogP contribution is 2.18. The van der Waals surface area contributed by atoms with E-state index in [2.05, 4.69) is 31.7 Å². The Balaban J connectivity index is 2.78. The summed E-state index contributed by atoms with van der Waals surface area (Å²) in [6, 6.07) is 10.0. The van der Waals surface area contributed by atoms with Gasteiger partial charge in [0.05, 0.1) is 11.6 Å². The fourth-order valence-electron chi connectivity index (χ4n) is 1.96. The fourth-order valence-corrected chi connectivity index (χ4v) is 1.96. The van der Waals surface area contributed by atoms with Crippen LogP contribution in [0.25, 0.3) is 0 Å². The molecule has 0 atom stereocenters. The summed E-state index contributed by atoms with van der Waals surface area (Å²) < 4.78 is 0. The fraction of sp³-hybridized carbons (Fsp3) is 0.533. The van der Waals surface area contributed by atoms with Crippen molar-refractivity contribution in [1.29, 1.82) is 5.26 Å². The van der Waals surface area contributed by atoms with Crippen molar-refractivity contribution in [3.05, 3.63) is 35.4 Å². The molecule has 3 heteroatoms. The smallest absolute Gasteiger partial charge is 0.0995 e. The molecule has 1 aromatic rings. The standard InChI is InChI=1S/C15H23N3/c1-4-18(12-15(2,3)11-17)10-14-8-6-5-7-13(14)9-16/h5-8H,4,10-12,17H2,1-3H3. The van der Waals surface area contributed by atoms with E-state index in [1.807, 2.05) is 24.3 Å². The summed E-state index contributed by atoms with van der Waals surface area (Å²) in [6.07, 6.45) is 0. The first-order chi connectivity index (χ1) is 8.52. The van der Waals surface area contributed by atoms with Crippen LogP contribution in [-0.2, 0) is 6.54 Å². The van der Waals surface area contributed by atoms with Crippen molar-refractivity contribution < 1.29 is 0 Å². The van der Waals surface area contributed by atoms with E-state index in [1.54, 1.807) is 0 Å². The molecule has 3 nitrogen and oxygen atoms in total. The number of hydrogen-bond donors (Lipinski definition) is 1. The number of hydrogen-bond acceptors (Lipinski definition) is 3.